The second-order valence-corrected chi connectivity index (χ2v) is 5.61. The highest BCUT2D eigenvalue weighted by atomic mass is 19.3. The van der Waals surface area contributed by atoms with Gasteiger partial charge in [-0.25, -0.2) is 18.7 Å². The van der Waals surface area contributed by atoms with E-state index < -0.39 is 12.1 Å². The smallest absolute Gasteiger partial charge is 0.280 e. The summed E-state index contributed by atoms with van der Waals surface area (Å²) in [7, 11) is 1.62. The minimum absolute atomic E-state index is 0.000121. The van der Waals surface area contributed by atoms with Crippen molar-refractivity contribution in [3.8, 4) is 5.75 Å². The number of hydrogen-bond donors (Lipinski definition) is 0. The van der Waals surface area contributed by atoms with Crippen molar-refractivity contribution in [2.75, 3.05) is 38.2 Å². The molecule has 6 nitrogen and oxygen atoms in total. The fourth-order valence-corrected chi connectivity index (χ4v) is 2.75. The van der Waals surface area contributed by atoms with Crippen LogP contribution in [0.15, 0.2) is 36.7 Å². The van der Waals surface area contributed by atoms with Gasteiger partial charge in [0.2, 0.25) is 0 Å². The topological polar surface area (TPSA) is 58.6 Å². The molecule has 2 heterocycles. The first-order valence-electron chi connectivity index (χ1n) is 7.87. The van der Waals surface area contributed by atoms with Gasteiger partial charge in [0.1, 0.15) is 23.5 Å². The van der Waals surface area contributed by atoms with Crippen molar-refractivity contribution >= 4 is 11.6 Å². The Hall–Kier alpha value is -2.77. The normalized spacial score (nSPS) is 14.7. The number of ether oxygens (including phenoxy) is 1. The Morgan fingerprint density at radius 3 is 2.60 bits per heavy atom. The summed E-state index contributed by atoms with van der Waals surface area (Å²) in [6.45, 7) is 2.27. The second kappa shape index (κ2) is 7.42. The fraction of sp³-hybridized carbons (Fsp3) is 0.353. The van der Waals surface area contributed by atoms with E-state index in [0.717, 1.165) is 23.8 Å². The first-order valence-corrected chi connectivity index (χ1v) is 7.87. The average Bonchev–Trinajstić information content (AvgIpc) is 2.67. The molecule has 0 radical (unpaired) electrons. The fourth-order valence-electron chi connectivity index (χ4n) is 2.75. The van der Waals surface area contributed by atoms with Gasteiger partial charge in [0.15, 0.2) is 0 Å². The van der Waals surface area contributed by atoms with Crippen LogP contribution in [0.4, 0.5) is 14.5 Å². The van der Waals surface area contributed by atoms with E-state index in [0.29, 0.717) is 26.2 Å². The maximum atomic E-state index is 12.7. The van der Waals surface area contributed by atoms with Crippen molar-refractivity contribution in [3.63, 3.8) is 0 Å². The predicted octanol–water partition coefficient (Wildman–Crippen LogP) is 2.39. The number of hydrogen-bond acceptors (Lipinski definition) is 5. The first kappa shape index (κ1) is 17.1. The summed E-state index contributed by atoms with van der Waals surface area (Å²) < 4.78 is 30.7. The highest BCUT2D eigenvalue weighted by Gasteiger charge is 2.24. The molecule has 1 fully saturated rings. The molecule has 0 unspecified atom stereocenters. The largest absolute Gasteiger partial charge is 0.497 e. The standard InChI is InChI=1S/C17H18F2N4O2/c1-25-13-4-2-3-12(9-13)22-5-7-23(8-6-22)17(24)15-10-14(16(18)19)20-11-21-15/h2-4,9-11,16H,5-8H2,1H3. The van der Waals surface area contributed by atoms with Gasteiger partial charge in [0.25, 0.3) is 12.3 Å². The minimum atomic E-state index is -2.72. The van der Waals surface area contributed by atoms with Crippen LogP contribution < -0.4 is 9.64 Å². The van der Waals surface area contributed by atoms with Crippen LogP contribution in [0.1, 0.15) is 22.6 Å². The van der Waals surface area contributed by atoms with Crippen LogP contribution in [0, 0.1) is 0 Å². The molecule has 0 saturated carbocycles. The van der Waals surface area contributed by atoms with Crippen LogP contribution in [0.3, 0.4) is 0 Å². The molecule has 1 aliphatic heterocycles. The third kappa shape index (κ3) is 3.84. The number of piperazine rings is 1. The summed E-state index contributed by atoms with van der Waals surface area (Å²) in [6.07, 6.45) is -1.72. The Balaban J connectivity index is 1.65. The number of alkyl halides is 2. The Labute approximate surface area is 144 Å². The summed E-state index contributed by atoms with van der Waals surface area (Å²) in [5.41, 5.74) is 0.585. The number of amides is 1. The quantitative estimate of drug-likeness (QED) is 0.849. The molecule has 1 aromatic carbocycles. The lowest BCUT2D eigenvalue weighted by Crippen LogP contribution is -2.49. The van der Waals surface area contributed by atoms with Crippen LogP contribution in [0.5, 0.6) is 5.75 Å². The molecule has 1 saturated heterocycles. The van der Waals surface area contributed by atoms with E-state index in [-0.39, 0.29) is 11.6 Å². The third-order valence-corrected chi connectivity index (χ3v) is 4.12. The number of rotatable bonds is 4. The van der Waals surface area contributed by atoms with Gasteiger partial charge in [0.05, 0.1) is 7.11 Å². The van der Waals surface area contributed by atoms with Gasteiger partial charge >= 0.3 is 0 Å². The van der Waals surface area contributed by atoms with Crippen molar-refractivity contribution in [1.29, 1.82) is 0 Å². The number of benzene rings is 1. The molecule has 0 bridgehead atoms. The van der Waals surface area contributed by atoms with E-state index in [1.54, 1.807) is 12.0 Å². The van der Waals surface area contributed by atoms with Gasteiger partial charge in [-0.2, -0.15) is 0 Å². The Bertz CT molecular complexity index is 749. The first-order chi connectivity index (χ1) is 12.1. The van der Waals surface area contributed by atoms with E-state index in [2.05, 4.69) is 14.9 Å². The molecule has 0 atom stereocenters. The molecule has 0 N–H and O–H groups in total. The van der Waals surface area contributed by atoms with E-state index in [4.69, 9.17) is 4.74 Å². The maximum absolute atomic E-state index is 12.7. The Kier molecular flexibility index (Phi) is 5.06. The third-order valence-electron chi connectivity index (χ3n) is 4.12. The highest BCUT2D eigenvalue weighted by Crippen LogP contribution is 2.22. The van der Waals surface area contributed by atoms with E-state index in [1.807, 2.05) is 24.3 Å². The van der Waals surface area contributed by atoms with Gasteiger partial charge in [0, 0.05) is 37.9 Å². The molecular weight excluding hydrogens is 330 g/mol. The molecule has 8 heteroatoms. The van der Waals surface area contributed by atoms with Crippen LogP contribution in [-0.2, 0) is 0 Å². The summed E-state index contributed by atoms with van der Waals surface area (Å²) in [5, 5.41) is 0. The van der Waals surface area contributed by atoms with Gasteiger partial charge in [-0.05, 0) is 18.2 Å². The monoisotopic (exact) mass is 348 g/mol. The van der Waals surface area contributed by atoms with Crippen molar-refractivity contribution in [2.45, 2.75) is 6.43 Å². The molecule has 0 spiro atoms. The highest BCUT2D eigenvalue weighted by molar-refractivity contribution is 5.92. The zero-order chi connectivity index (χ0) is 17.8. The van der Waals surface area contributed by atoms with Crippen molar-refractivity contribution in [2.24, 2.45) is 0 Å². The van der Waals surface area contributed by atoms with Crippen molar-refractivity contribution in [3.05, 3.63) is 48.0 Å². The molecular formula is C17H18F2N4O2. The molecule has 1 amide bonds. The zero-order valence-corrected chi connectivity index (χ0v) is 13.7. The molecule has 0 aliphatic carbocycles. The molecule has 1 aromatic heterocycles. The average molecular weight is 348 g/mol. The summed E-state index contributed by atoms with van der Waals surface area (Å²) in [6, 6.07) is 8.77. The van der Waals surface area contributed by atoms with Crippen LogP contribution in [0.25, 0.3) is 0 Å². The molecule has 3 rings (SSSR count). The van der Waals surface area contributed by atoms with E-state index in [1.165, 1.54) is 0 Å². The molecule has 2 aromatic rings. The summed E-state index contributed by atoms with van der Waals surface area (Å²) in [4.78, 5) is 23.6. The molecule has 1 aliphatic rings. The SMILES string of the molecule is COc1cccc(N2CCN(C(=O)c3cc(C(F)F)ncn3)CC2)c1. The lowest BCUT2D eigenvalue weighted by atomic mass is 10.2. The lowest BCUT2D eigenvalue weighted by molar-refractivity contribution is 0.0739. The Morgan fingerprint density at radius 1 is 1.16 bits per heavy atom. The van der Waals surface area contributed by atoms with Crippen LogP contribution >= 0.6 is 0 Å². The number of aromatic nitrogens is 2. The minimum Gasteiger partial charge on any atom is -0.497 e. The number of carbonyl (C=O) groups excluding carboxylic acids is 1. The summed E-state index contributed by atoms with van der Waals surface area (Å²) >= 11 is 0. The number of carbonyl (C=O) groups is 1. The van der Waals surface area contributed by atoms with E-state index in [9.17, 15) is 13.6 Å². The summed E-state index contributed by atoms with van der Waals surface area (Å²) in [5.74, 6) is 0.422. The lowest BCUT2D eigenvalue weighted by Gasteiger charge is -2.36. The van der Waals surface area contributed by atoms with Crippen molar-refractivity contribution < 1.29 is 18.3 Å². The number of anilines is 1. The predicted molar refractivity (Wildman–Crippen MR) is 88.1 cm³/mol. The number of methoxy groups -OCH3 is 1. The van der Waals surface area contributed by atoms with Gasteiger partial charge in [-0.3, -0.25) is 4.79 Å². The maximum Gasteiger partial charge on any atom is 0.280 e. The number of halogens is 2. The van der Waals surface area contributed by atoms with Gasteiger partial charge in [-0.1, -0.05) is 6.07 Å². The van der Waals surface area contributed by atoms with Gasteiger partial charge < -0.3 is 14.5 Å². The molecule has 25 heavy (non-hydrogen) atoms. The number of nitrogens with zero attached hydrogens (tertiary/aromatic N) is 4. The zero-order valence-electron chi connectivity index (χ0n) is 13.7. The Morgan fingerprint density at radius 2 is 1.92 bits per heavy atom. The van der Waals surface area contributed by atoms with Crippen LogP contribution in [-0.4, -0.2) is 54.1 Å². The van der Waals surface area contributed by atoms with Crippen LogP contribution in [0.2, 0.25) is 0 Å². The van der Waals surface area contributed by atoms with Crippen molar-refractivity contribution in [1.82, 2.24) is 14.9 Å². The molecule has 132 valence electrons. The van der Waals surface area contributed by atoms with E-state index >= 15 is 0 Å². The van der Waals surface area contributed by atoms with Gasteiger partial charge in [-0.15, -0.1) is 0 Å². The second-order valence-electron chi connectivity index (χ2n) is 5.61.